The van der Waals surface area contributed by atoms with Crippen LogP contribution < -0.4 is 11.1 Å². The molecule has 104 valence electrons. The molecule has 0 radical (unpaired) electrons. The summed E-state index contributed by atoms with van der Waals surface area (Å²) in [6.45, 7) is 0.775. The zero-order valence-corrected chi connectivity index (χ0v) is 11.3. The number of nitrogens with two attached hydrogens (primary N) is 1. The normalized spacial score (nSPS) is 17.8. The molecule has 6 nitrogen and oxygen atoms in total. The Morgan fingerprint density at radius 2 is 2.16 bits per heavy atom. The van der Waals surface area contributed by atoms with Gasteiger partial charge in [0.2, 0.25) is 15.9 Å². The van der Waals surface area contributed by atoms with Gasteiger partial charge in [0.25, 0.3) is 0 Å². The van der Waals surface area contributed by atoms with Crippen LogP contribution in [0.4, 0.5) is 5.69 Å². The number of carbonyl (C=O) groups excluding carboxylic acids is 1. The van der Waals surface area contributed by atoms with E-state index in [1.165, 1.54) is 4.31 Å². The Bertz CT molecular complexity index is 571. The van der Waals surface area contributed by atoms with E-state index in [0.717, 1.165) is 0 Å². The van der Waals surface area contributed by atoms with Crippen molar-refractivity contribution in [1.82, 2.24) is 9.62 Å². The van der Waals surface area contributed by atoms with E-state index in [0.29, 0.717) is 30.8 Å². The lowest BCUT2D eigenvalue weighted by Crippen LogP contribution is -2.38. The van der Waals surface area contributed by atoms with Crippen LogP contribution in [0.15, 0.2) is 24.3 Å². The lowest BCUT2D eigenvalue weighted by Gasteiger charge is -2.18. The van der Waals surface area contributed by atoms with Crippen LogP contribution in [0.1, 0.15) is 12.0 Å². The third-order valence-electron chi connectivity index (χ3n) is 2.92. The van der Waals surface area contributed by atoms with Gasteiger partial charge < -0.3 is 11.1 Å². The topological polar surface area (TPSA) is 92.5 Å². The molecule has 1 saturated heterocycles. The summed E-state index contributed by atoms with van der Waals surface area (Å²) >= 11 is 0. The fourth-order valence-corrected chi connectivity index (χ4v) is 3.51. The number of sulfonamides is 1. The molecule has 0 atom stereocenters. The van der Waals surface area contributed by atoms with Gasteiger partial charge in [0.1, 0.15) is 0 Å². The van der Waals surface area contributed by atoms with E-state index in [1.54, 1.807) is 24.3 Å². The van der Waals surface area contributed by atoms with Crippen LogP contribution in [0.5, 0.6) is 0 Å². The van der Waals surface area contributed by atoms with Crippen molar-refractivity contribution in [2.75, 3.05) is 25.4 Å². The molecule has 1 heterocycles. The van der Waals surface area contributed by atoms with Gasteiger partial charge in [0.15, 0.2) is 0 Å². The first-order valence-corrected chi connectivity index (χ1v) is 7.67. The summed E-state index contributed by atoms with van der Waals surface area (Å²) in [4.78, 5) is 11.4. The number of hydrogen-bond acceptors (Lipinski definition) is 4. The lowest BCUT2D eigenvalue weighted by molar-refractivity contribution is -0.120. The quantitative estimate of drug-likeness (QED) is 0.759. The van der Waals surface area contributed by atoms with E-state index in [1.807, 2.05) is 0 Å². The summed E-state index contributed by atoms with van der Waals surface area (Å²) < 4.78 is 25.8. The molecule has 0 aliphatic carbocycles. The summed E-state index contributed by atoms with van der Waals surface area (Å²) in [5, 5.41) is 2.65. The maximum Gasteiger partial charge on any atom is 0.235 e. The molecule has 0 unspecified atom stereocenters. The Hall–Kier alpha value is -1.60. The number of nitrogen functional groups attached to an aromatic ring is 1. The van der Waals surface area contributed by atoms with Gasteiger partial charge in [-0.25, -0.2) is 8.42 Å². The SMILES string of the molecule is Nc1cccc(CS(=O)(=O)N2CCCNC(=O)C2)c1. The van der Waals surface area contributed by atoms with Crippen LogP contribution in [0.3, 0.4) is 0 Å². The highest BCUT2D eigenvalue weighted by Gasteiger charge is 2.26. The monoisotopic (exact) mass is 283 g/mol. The average Bonchev–Trinajstić information content (AvgIpc) is 2.54. The number of anilines is 1. The van der Waals surface area contributed by atoms with Crippen molar-refractivity contribution < 1.29 is 13.2 Å². The average molecular weight is 283 g/mol. The van der Waals surface area contributed by atoms with Crippen molar-refractivity contribution in [1.29, 1.82) is 0 Å². The molecule has 1 aliphatic rings. The minimum absolute atomic E-state index is 0.106. The second-order valence-corrected chi connectivity index (χ2v) is 6.51. The molecule has 0 bridgehead atoms. The van der Waals surface area contributed by atoms with E-state index in [2.05, 4.69) is 5.32 Å². The van der Waals surface area contributed by atoms with E-state index in [4.69, 9.17) is 5.73 Å². The number of benzene rings is 1. The van der Waals surface area contributed by atoms with Crippen LogP contribution >= 0.6 is 0 Å². The van der Waals surface area contributed by atoms with Crippen LogP contribution in [-0.2, 0) is 20.6 Å². The zero-order valence-electron chi connectivity index (χ0n) is 10.5. The second kappa shape index (κ2) is 5.58. The van der Waals surface area contributed by atoms with Gasteiger partial charge in [-0.1, -0.05) is 12.1 Å². The maximum absolute atomic E-state index is 12.3. The van der Waals surface area contributed by atoms with Gasteiger partial charge >= 0.3 is 0 Å². The summed E-state index contributed by atoms with van der Waals surface area (Å²) in [6, 6.07) is 6.77. The van der Waals surface area contributed by atoms with Crippen molar-refractivity contribution in [2.24, 2.45) is 0 Å². The van der Waals surface area contributed by atoms with Gasteiger partial charge in [-0.3, -0.25) is 4.79 Å². The van der Waals surface area contributed by atoms with E-state index >= 15 is 0 Å². The van der Waals surface area contributed by atoms with Crippen molar-refractivity contribution in [3.05, 3.63) is 29.8 Å². The van der Waals surface area contributed by atoms with Gasteiger partial charge in [0.05, 0.1) is 12.3 Å². The minimum atomic E-state index is -3.49. The van der Waals surface area contributed by atoms with E-state index < -0.39 is 10.0 Å². The maximum atomic E-state index is 12.3. The van der Waals surface area contributed by atoms with E-state index in [-0.39, 0.29) is 18.2 Å². The Morgan fingerprint density at radius 3 is 2.89 bits per heavy atom. The van der Waals surface area contributed by atoms with Crippen LogP contribution in [0.25, 0.3) is 0 Å². The molecular formula is C12H17N3O3S. The molecule has 1 fully saturated rings. The molecule has 2 rings (SSSR count). The number of carbonyl (C=O) groups is 1. The summed E-state index contributed by atoms with van der Waals surface area (Å²) in [5.41, 5.74) is 6.79. The van der Waals surface area contributed by atoms with Gasteiger partial charge in [-0.15, -0.1) is 0 Å². The largest absolute Gasteiger partial charge is 0.399 e. The minimum Gasteiger partial charge on any atom is -0.399 e. The molecule has 1 amide bonds. The first-order valence-electron chi connectivity index (χ1n) is 6.06. The molecule has 1 aromatic carbocycles. The standard InChI is InChI=1S/C12H17N3O3S/c13-11-4-1-3-10(7-11)9-19(17,18)15-6-2-5-14-12(16)8-15/h1,3-4,7H,2,5-6,8-9,13H2,(H,14,16). The Kier molecular flexibility index (Phi) is 4.06. The Labute approximate surface area is 112 Å². The van der Waals surface area contributed by atoms with Crippen molar-refractivity contribution in [3.8, 4) is 0 Å². The molecular weight excluding hydrogens is 266 g/mol. The fraction of sp³-hybridized carbons (Fsp3) is 0.417. The number of rotatable bonds is 3. The molecule has 0 saturated carbocycles. The Balaban J connectivity index is 2.15. The smallest absolute Gasteiger partial charge is 0.235 e. The van der Waals surface area contributed by atoms with Gasteiger partial charge in [-0.05, 0) is 24.1 Å². The summed E-state index contributed by atoms with van der Waals surface area (Å²) in [7, 11) is -3.49. The summed E-state index contributed by atoms with van der Waals surface area (Å²) in [5.74, 6) is -0.389. The number of nitrogens with one attached hydrogen (secondary N) is 1. The molecule has 19 heavy (non-hydrogen) atoms. The highest BCUT2D eigenvalue weighted by Crippen LogP contribution is 2.14. The first kappa shape index (κ1) is 13.8. The second-order valence-electron chi connectivity index (χ2n) is 4.54. The number of nitrogens with zero attached hydrogens (tertiary/aromatic N) is 1. The predicted molar refractivity (Wildman–Crippen MR) is 72.7 cm³/mol. The van der Waals surface area contributed by atoms with Crippen LogP contribution in [0, 0.1) is 0 Å². The van der Waals surface area contributed by atoms with Crippen molar-refractivity contribution in [2.45, 2.75) is 12.2 Å². The summed E-state index contributed by atoms with van der Waals surface area (Å²) in [6.07, 6.45) is 0.627. The lowest BCUT2D eigenvalue weighted by atomic mass is 10.2. The van der Waals surface area contributed by atoms with Crippen molar-refractivity contribution >= 4 is 21.6 Å². The van der Waals surface area contributed by atoms with E-state index in [9.17, 15) is 13.2 Å². The number of amides is 1. The Morgan fingerprint density at radius 1 is 1.37 bits per heavy atom. The molecule has 0 spiro atoms. The molecule has 1 aromatic rings. The van der Waals surface area contributed by atoms with Crippen LogP contribution in [0.2, 0.25) is 0 Å². The van der Waals surface area contributed by atoms with Gasteiger partial charge in [-0.2, -0.15) is 4.31 Å². The fourth-order valence-electron chi connectivity index (χ4n) is 2.00. The molecule has 0 aromatic heterocycles. The predicted octanol–water partition coefficient (Wildman–Crippen LogP) is -0.0795. The molecule has 1 aliphatic heterocycles. The highest BCUT2D eigenvalue weighted by molar-refractivity contribution is 7.88. The highest BCUT2D eigenvalue weighted by atomic mass is 32.2. The third kappa shape index (κ3) is 3.68. The van der Waals surface area contributed by atoms with Crippen LogP contribution in [-0.4, -0.2) is 38.3 Å². The first-order chi connectivity index (χ1) is 8.97. The number of hydrogen-bond donors (Lipinski definition) is 2. The zero-order chi connectivity index (χ0) is 13.9. The van der Waals surface area contributed by atoms with Gasteiger partial charge in [0, 0.05) is 18.8 Å². The third-order valence-corrected chi connectivity index (χ3v) is 4.72. The molecule has 3 N–H and O–H groups in total. The van der Waals surface area contributed by atoms with Crippen molar-refractivity contribution in [3.63, 3.8) is 0 Å². The molecule has 7 heteroatoms.